The number of rotatable bonds is 3. The maximum absolute atomic E-state index is 5.80. The first kappa shape index (κ1) is 10.6. The summed E-state index contributed by atoms with van der Waals surface area (Å²) in [5.41, 5.74) is 8.01. The summed E-state index contributed by atoms with van der Waals surface area (Å²) in [6.45, 7) is 4.83. The van der Waals surface area contributed by atoms with Crippen LogP contribution in [0.15, 0.2) is 0 Å². The molecule has 0 unspecified atom stereocenters. The minimum Gasteiger partial charge on any atom is -0.325 e. The fourth-order valence-electron chi connectivity index (χ4n) is 2.41. The molecule has 0 aromatic carbocycles. The molecular weight excluding hydrogens is 188 g/mol. The molecule has 15 heavy (non-hydrogen) atoms. The zero-order valence-corrected chi connectivity index (χ0v) is 9.61. The van der Waals surface area contributed by atoms with Gasteiger partial charge in [0.2, 0.25) is 0 Å². The van der Waals surface area contributed by atoms with E-state index in [1.807, 2.05) is 0 Å². The van der Waals surface area contributed by atoms with E-state index >= 15 is 0 Å². The summed E-state index contributed by atoms with van der Waals surface area (Å²) < 4.78 is 2.07. The Morgan fingerprint density at radius 2 is 2.07 bits per heavy atom. The van der Waals surface area contributed by atoms with Crippen LogP contribution in [0, 0.1) is 0 Å². The van der Waals surface area contributed by atoms with E-state index in [0.717, 1.165) is 11.4 Å². The molecule has 1 aliphatic carbocycles. The van der Waals surface area contributed by atoms with E-state index in [4.69, 9.17) is 5.73 Å². The molecule has 84 valence electrons. The molecule has 0 atom stereocenters. The summed E-state index contributed by atoms with van der Waals surface area (Å²) in [6.07, 6.45) is 5.08. The van der Waals surface area contributed by atoms with E-state index in [1.54, 1.807) is 0 Å². The van der Waals surface area contributed by atoms with Crippen LogP contribution >= 0.6 is 0 Å². The van der Waals surface area contributed by atoms with Gasteiger partial charge in [-0.3, -0.25) is 0 Å². The van der Waals surface area contributed by atoms with E-state index in [2.05, 4.69) is 28.8 Å². The maximum atomic E-state index is 5.80. The minimum absolute atomic E-state index is 0.415. The molecule has 1 aromatic rings. The van der Waals surface area contributed by atoms with Crippen LogP contribution in [-0.4, -0.2) is 15.0 Å². The zero-order valence-electron chi connectivity index (χ0n) is 9.61. The second-order valence-corrected chi connectivity index (χ2v) is 4.66. The predicted octanol–water partition coefficient (Wildman–Crippen LogP) is 1.98. The Kier molecular flexibility index (Phi) is 3.05. The molecule has 1 heterocycles. The molecule has 2 rings (SSSR count). The van der Waals surface area contributed by atoms with Crippen molar-refractivity contribution < 1.29 is 0 Å². The second-order valence-electron chi connectivity index (χ2n) is 4.66. The van der Waals surface area contributed by atoms with Crippen LogP contribution in [0.1, 0.15) is 62.9 Å². The number of hydrogen-bond acceptors (Lipinski definition) is 3. The Bertz CT molecular complexity index is 323. The lowest BCUT2D eigenvalue weighted by atomic mass is 10.1. The highest BCUT2D eigenvalue weighted by Crippen LogP contribution is 2.31. The van der Waals surface area contributed by atoms with Gasteiger partial charge in [0, 0.05) is 6.54 Å². The standard InChI is InChI=1S/C11H20N4/c1-8(2)11-10(7-12)15(14-13-11)9-5-3-4-6-9/h8-9H,3-7,12H2,1-2H3. The van der Waals surface area contributed by atoms with Crippen LogP contribution in [0.4, 0.5) is 0 Å². The Hall–Kier alpha value is -0.900. The van der Waals surface area contributed by atoms with Crippen molar-refractivity contribution in [1.29, 1.82) is 0 Å². The average molecular weight is 208 g/mol. The van der Waals surface area contributed by atoms with Gasteiger partial charge in [0.1, 0.15) is 0 Å². The van der Waals surface area contributed by atoms with Gasteiger partial charge in [-0.1, -0.05) is 31.9 Å². The van der Waals surface area contributed by atoms with Gasteiger partial charge in [0.25, 0.3) is 0 Å². The van der Waals surface area contributed by atoms with Crippen molar-refractivity contribution in [3.05, 3.63) is 11.4 Å². The summed E-state index contributed by atoms with van der Waals surface area (Å²) in [4.78, 5) is 0. The van der Waals surface area contributed by atoms with Gasteiger partial charge in [-0.25, -0.2) is 4.68 Å². The Morgan fingerprint density at radius 1 is 1.40 bits per heavy atom. The molecule has 1 aromatic heterocycles. The average Bonchev–Trinajstić information content (AvgIpc) is 2.85. The summed E-state index contributed by atoms with van der Waals surface area (Å²) in [5.74, 6) is 0.415. The number of hydrogen-bond donors (Lipinski definition) is 1. The third-order valence-corrected chi connectivity index (χ3v) is 3.23. The first-order valence-electron chi connectivity index (χ1n) is 5.88. The monoisotopic (exact) mass is 208 g/mol. The number of nitrogens with zero attached hydrogens (tertiary/aromatic N) is 3. The molecule has 0 amide bonds. The van der Waals surface area contributed by atoms with Crippen LogP contribution < -0.4 is 5.73 Å². The van der Waals surface area contributed by atoms with Crippen LogP contribution in [0.25, 0.3) is 0 Å². The smallest absolute Gasteiger partial charge is 0.0897 e. The molecule has 0 spiro atoms. The van der Waals surface area contributed by atoms with Gasteiger partial charge in [0.15, 0.2) is 0 Å². The molecule has 1 aliphatic rings. The maximum Gasteiger partial charge on any atom is 0.0897 e. The van der Waals surface area contributed by atoms with Crippen LogP contribution in [0.3, 0.4) is 0 Å². The van der Waals surface area contributed by atoms with E-state index < -0.39 is 0 Å². The van der Waals surface area contributed by atoms with Gasteiger partial charge in [0.05, 0.1) is 17.4 Å². The third-order valence-electron chi connectivity index (χ3n) is 3.23. The number of nitrogens with two attached hydrogens (primary N) is 1. The molecule has 0 saturated heterocycles. The Morgan fingerprint density at radius 3 is 2.60 bits per heavy atom. The van der Waals surface area contributed by atoms with E-state index in [9.17, 15) is 0 Å². The lowest BCUT2D eigenvalue weighted by Gasteiger charge is -2.13. The first-order valence-corrected chi connectivity index (χ1v) is 5.88. The van der Waals surface area contributed by atoms with Crippen molar-refractivity contribution in [2.75, 3.05) is 0 Å². The van der Waals surface area contributed by atoms with Crippen molar-refractivity contribution in [2.45, 2.75) is 58.0 Å². The lowest BCUT2D eigenvalue weighted by molar-refractivity contribution is 0.438. The Labute approximate surface area is 90.8 Å². The van der Waals surface area contributed by atoms with Crippen LogP contribution in [0.2, 0.25) is 0 Å². The Balaban J connectivity index is 2.30. The van der Waals surface area contributed by atoms with Crippen molar-refractivity contribution in [3.63, 3.8) is 0 Å². The quantitative estimate of drug-likeness (QED) is 0.826. The van der Waals surface area contributed by atoms with Gasteiger partial charge < -0.3 is 5.73 Å². The fraction of sp³-hybridized carbons (Fsp3) is 0.818. The molecule has 4 nitrogen and oxygen atoms in total. The topological polar surface area (TPSA) is 56.7 Å². The summed E-state index contributed by atoms with van der Waals surface area (Å²) in [7, 11) is 0. The SMILES string of the molecule is CC(C)c1nnn(C2CCCC2)c1CN. The van der Waals surface area contributed by atoms with E-state index in [-0.39, 0.29) is 0 Å². The molecule has 2 N–H and O–H groups in total. The molecule has 0 aliphatic heterocycles. The highest BCUT2D eigenvalue weighted by Gasteiger charge is 2.23. The third kappa shape index (κ3) is 1.91. The van der Waals surface area contributed by atoms with Crippen LogP contribution in [-0.2, 0) is 6.54 Å². The lowest BCUT2D eigenvalue weighted by Crippen LogP contribution is -2.14. The number of aromatic nitrogens is 3. The molecule has 1 saturated carbocycles. The largest absolute Gasteiger partial charge is 0.325 e. The van der Waals surface area contributed by atoms with Crippen molar-refractivity contribution in [3.8, 4) is 0 Å². The summed E-state index contributed by atoms with van der Waals surface area (Å²) in [6, 6.07) is 0.545. The zero-order chi connectivity index (χ0) is 10.8. The summed E-state index contributed by atoms with van der Waals surface area (Å²) in [5, 5.41) is 8.54. The fourth-order valence-corrected chi connectivity index (χ4v) is 2.41. The molecule has 0 radical (unpaired) electrons. The van der Waals surface area contributed by atoms with Gasteiger partial charge >= 0.3 is 0 Å². The molecule has 0 bridgehead atoms. The normalized spacial score (nSPS) is 17.9. The minimum atomic E-state index is 0.415. The van der Waals surface area contributed by atoms with Crippen molar-refractivity contribution in [1.82, 2.24) is 15.0 Å². The highest BCUT2D eigenvalue weighted by molar-refractivity contribution is 5.14. The van der Waals surface area contributed by atoms with Gasteiger partial charge in [-0.05, 0) is 18.8 Å². The van der Waals surface area contributed by atoms with E-state index in [1.165, 1.54) is 25.7 Å². The first-order chi connectivity index (χ1) is 7.24. The van der Waals surface area contributed by atoms with E-state index in [0.29, 0.717) is 18.5 Å². The molecular formula is C11H20N4. The predicted molar refractivity (Wildman–Crippen MR) is 59.5 cm³/mol. The molecule has 1 fully saturated rings. The van der Waals surface area contributed by atoms with Crippen molar-refractivity contribution >= 4 is 0 Å². The molecule has 4 heteroatoms. The summed E-state index contributed by atoms with van der Waals surface area (Å²) >= 11 is 0. The van der Waals surface area contributed by atoms with Crippen LogP contribution in [0.5, 0.6) is 0 Å². The van der Waals surface area contributed by atoms with Crippen molar-refractivity contribution in [2.24, 2.45) is 5.73 Å². The van der Waals surface area contributed by atoms with Gasteiger partial charge in [-0.15, -0.1) is 5.10 Å². The van der Waals surface area contributed by atoms with Gasteiger partial charge in [-0.2, -0.15) is 0 Å². The highest BCUT2D eigenvalue weighted by atomic mass is 15.4. The second kappa shape index (κ2) is 4.31.